The third kappa shape index (κ3) is 5.90. The van der Waals surface area contributed by atoms with Gasteiger partial charge >= 0.3 is 0 Å². The van der Waals surface area contributed by atoms with Crippen LogP contribution in [0.15, 0.2) is 30.9 Å². The monoisotopic (exact) mass is 325 g/mol. The van der Waals surface area contributed by atoms with Gasteiger partial charge in [-0.3, -0.25) is 0 Å². The summed E-state index contributed by atoms with van der Waals surface area (Å²) >= 11 is 0. The quantitative estimate of drug-likeness (QED) is 0.714. The summed E-state index contributed by atoms with van der Waals surface area (Å²) in [6.07, 6.45) is 8.46. The van der Waals surface area contributed by atoms with Crippen molar-refractivity contribution in [1.29, 1.82) is 0 Å². The van der Waals surface area contributed by atoms with Crippen LogP contribution < -0.4 is 14.8 Å². The first-order valence-electron chi connectivity index (χ1n) is 8.06. The Morgan fingerprint density at radius 1 is 1.18 bits per heavy atom. The molecule has 1 aliphatic carbocycles. The second-order valence-corrected chi connectivity index (χ2v) is 5.53. The fourth-order valence-corrected chi connectivity index (χ4v) is 2.77. The lowest BCUT2D eigenvalue weighted by atomic mass is 9.95. The fraction of sp³-hybridized carbons (Fsp3) is 0.556. The summed E-state index contributed by atoms with van der Waals surface area (Å²) in [6.45, 7) is 7.70. The highest BCUT2D eigenvalue weighted by atomic mass is 35.5. The number of benzene rings is 1. The molecular formula is C18H28ClNO2. The first-order valence-corrected chi connectivity index (χ1v) is 8.06. The summed E-state index contributed by atoms with van der Waals surface area (Å²) in [6, 6.07) is 6.85. The van der Waals surface area contributed by atoms with Crippen LogP contribution in [0.2, 0.25) is 0 Å². The van der Waals surface area contributed by atoms with Crippen LogP contribution >= 0.6 is 12.4 Å². The maximum absolute atomic E-state index is 5.68. The fourth-order valence-electron chi connectivity index (χ4n) is 2.77. The third-order valence-electron chi connectivity index (χ3n) is 3.86. The molecule has 0 unspecified atom stereocenters. The minimum atomic E-state index is 0. The first-order chi connectivity index (χ1) is 10.3. The molecule has 1 aromatic carbocycles. The van der Waals surface area contributed by atoms with Crippen molar-refractivity contribution in [3.63, 3.8) is 0 Å². The van der Waals surface area contributed by atoms with E-state index in [1.54, 1.807) is 6.08 Å². The van der Waals surface area contributed by atoms with Gasteiger partial charge in [-0.15, -0.1) is 12.4 Å². The van der Waals surface area contributed by atoms with E-state index in [9.17, 15) is 0 Å². The average Bonchev–Trinajstić information content (AvgIpc) is 2.53. The highest BCUT2D eigenvalue weighted by Crippen LogP contribution is 2.28. The molecule has 0 amide bonds. The predicted molar refractivity (Wildman–Crippen MR) is 94.3 cm³/mol. The highest BCUT2D eigenvalue weighted by molar-refractivity contribution is 5.85. The Morgan fingerprint density at radius 3 is 2.64 bits per heavy atom. The summed E-state index contributed by atoms with van der Waals surface area (Å²) in [5, 5.41) is 3.66. The van der Waals surface area contributed by atoms with Crippen LogP contribution in [-0.4, -0.2) is 19.3 Å². The van der Waals surface area contributed by atoms with E-state index in [0.717, 1.165) is 18.0 Å². The van der Waals surface area contributed by atoms with Crippen molar-refractivity contribution in [2.45, 2.75) is 51.6 Å². The van der Waals surface area contributed by atoms with E-state index in [1.165, 1.54) is 37.7 Å². The molecule has 4 heteroatoms. The number of hydrogen-bond donors (Lipinski definition) is 1. The van der Waals surface area contributed by atoms with Crippen molar-refractivity contribution in [3.8, 4) is 11.5 Å². The molecule has 1 aliphatic rings. The van der Waals surface area contributed by atoms with E-state index in [0.29, 0.717) is 19.3 Å². The molecule has 1 N–H and O–H groups in total. The zero-order valence-corrected chi connectivity index (χ0v) is 14.3. The van der Waals surface area contributed by atoms with Gasteiger partial charge in [0.05, 0.1) is 6.61 Å². The number of halogens is 1. The largest absolute Gasteiger partial charge is 0.490 e. The smallest absolute Gasteiger partial charge is 0.161 e. The summed E-state index contributed by atoms with van der Waals surface area (Å²) in [4.78, 5) is 0. The average molecular weight is 326 g/mol. The summed E-state index contributed by atoms with van der Waals surface area (Å²) in [5.41, 5.74) is 1.25. The van der Waals surface area contributed by atoms with Crippen LogP contribution in [0.4, 0.5) is 0 Å². The Hall–Kier alpha value is -1.19. The van der Waals surface area contributed by atoms with Crippen LogP contribution in [0, 0.1) is 0 Å². The lowest BCUT2D eigenvalue weighted by molar-refractivity contribution is 0.296. The Morgan fingerprint density at radius 2 is 1.95 bits per heavy atom. The van der Waals surface area contributed by atoms with E-state index < -0.39 is 0 Å². The van der Waals surface area contributed by atoms with Gasteiger partial charge in [0.1, 0.15) is 6.61 Å². The molecule has 0 aliphatic heterocycles. The molecular weight excluding hydrogens is 298 g/mol. The van der Waals surface area contributed by atoms with Crippen molar-refractivity contribution >= 4 is 12.4 Å². The van der Waals surface area contributed by atoms with Crippen LogP contribution in [0.3, 0.4) is 0 Å². The standard InChI is InChI=1S/C18H27NO2.ClH/c1-3-12-21-17-11-10-15(13-18(17)20-4-2)14-19-16-8-6-5-7-9-16;/h3,10-11,13,16,19H,1,4-9,12,14H2,2H3;1H. The maximum atomic E-state index is 5.68. The molecule has 0 aromatic heterocycles. The lowest BCUT2D eigenvalue weighted by Crippen LogP contribution is -2.30. The summed E-state index contributed by atoms with van der Waals surface area (Å²) < 4.78 is 11.3. The Labute approximate surface area is 140 Å². The van der Waals surface area contributed by atoms with Crippen LogP contribution in [-0.2, 0) is 6.54 Å². The van der Waals surface area contributed by atoms with Crippen LogP contribution in [0.25, 0.3) is 0 Å². The molecule has 3 nitrogen and oxygen atoms in total. The summed E-state index contributed by atoms with van der Waals surface area (Å²) in [7, 11) is 0. The molecule has 0 bridgehead atoms. The van der Waals surface area contributed by atoms with Gasteiger partial charge in [0.25, 0.3) is 0 Å². The molecule has 0 radical (unpaired) electrons. The van der Waals surface area contributed by atoms with Gasteiger partial charge in [-0.05, 0) is 37.5 Å². The van der Waals surface area contributed by atoms with Crippen molar-refractivity contribution in [2.75, 3.05) is 13.2 Å². The number of ether oxygens (including phenoxy) is 2. The Bertz CT molecular complexity index is 445. The summed E-state index contributed by atoms with van der Waals surface area (Å²) in [5.74, 6) is 1.61. The molecule has 2 rings (SSSR count). The predicted octanol–water partition coefficient (Wildman–Crippen LogP) is 4.49. The SMILES string of the molecule is C=CCOc1ccc(CNC2CCCCC2)cc1OCC.Cl. The number of rotatable bonds is 8. The number of hydrogen-bond acceptors (Lipinski definition) is 3. The molecule has 124 valence electrons. The van der Waals surface area contributed by atoms with E-state index in [1.807, 2.05) is 13.0 Å². The van der Waals surface area contributed by atoms with Crippen molar-refractivity contribution in [2.24, 2.45) is 0 Å². The van der Waals surface area contributed by atoms with E-state index in [2.05, 4.69) is 24.0 Å². The molecule has 0 saturated heterocycles. The van der Waals surface area contributed by atoms with Gasteiger partial charge in [-0.2, -0.15) is 0 Å². The molecule has 0 atom stereocenters. The van der Waals surface area contributed by atoms with Gasteiger partial charge in [-0.25, -0.2) is 0 Å². The Kier molecular flexibility index (Phi) is 9.02. The van der Waals surface area contributed by atoms with Gasteiger partial charge in [-0.1, -0.05) is 38.0 Å². The molecule has 1 saturated carbocycles. The van der Waals surface area contributed by atoms with E-state index in [4.69, 9.17) is 9.47 Å². The molecule has 0 spiro atoms. The number of nitrogens with one attached hydrogen (secondary N) is 1. The zero-order chi connectivity index (χ0) is 14.9. The van der Waals surface area contributed by atoms with Crippen LogP contribution in [0.5, 0.6) is 11.5 Å². The van der Waals surface area contributed by atoms with Gasteiger partial charge < -0.3 is 14.8 Å². The molecule has 0 heterocycles. The lowest BCUT2D eigenvalue weighted by Gasteiger charge is -2.23. The van der Waals surface area contributed by atoms with Crippen molar-refractivity contribution in [1.82, 2.24) is 5.32 Å². The minimum absolute atomic E-state index is 0. The van der Waals surface area contributed by atoms with Crippen LogP contribution in [0.1, 0.15) is 44.6 Å². The maximum Gasteiger partial charge on any atom is 0.161 e. The highest BCUT2D eigenvalue weighted by Gasteiger charge is 2.13. The van der Waals surface area contributed by atoms with Gasteiger partial charge in [0, 0.05) is 12.6 Å². The van der Waals surface area contributed by atoms with Crippen molar-refractivity contribution < 1.29 is 9.47 Å². The second kappa shape index (κ2) is 10.5. The van der Waals surface area contributed by atoms with E-state index >= 15 is 0 Å². The minimum Gasteiger partial charge on any atom is -0.490 e. The zero-order valence-electron chi connectivity index (χ0n) is 13.5. The van der Waals surface area contributed by atoms with Crippen molar-refractivity contribution in [3.05, 3.63) is 36.4 Å². The topological polar surface area (TPSA) is 30.5 Å². The van der Waals surface area contributed by atoms with E-state index in [-0.39, 0.29) is 12.4 Å². The third-order valence-corrected chi connectivity index (χ3v) is 3.86. The Balaban J connectivity index is 0.00000242. The van der Waals surface area contributed by atoms with Gasteiger partial charge in [0.2, 0.25) is 0 Å². The second-order valence-electron chi connectivity index (χ2n) is 5.53. The molecule has 1 aromatic rings. The normalized spacial score (nSPS) is 15.0. The first kappa shape index (κ1) is 18.9. The molecule has 22 heavy (non-hydrogen) atoms. The molecule has 1 fully saturated rings. The van der Waals surface area contributed by atoms with Gasteiger partial charge in [0.15, 0.2) is 11.5 Å².